The van der Waals surface area contributed by atoms with E-state index in [-0.39, 0.29) is 6.10 Å². The standard InChI is InChI=1S/C18H29NO2/c1-13(11-14(2)20)12-19-17-7-3-15(4-8-17)16-5-9-18(21)10-6-16/h5-6,9-10,13-15,17,19-21H,3-4,7-8,11-12H2,1-2H3. The first kappa shape index (κ1) is 16.3. The van der Waals surface area contributed by atoms with Crippen molar-refractivity contribution in [2.75, 3.05) is 6.54 Å². The smallest absolute Gasteiger partial charge is 0.115 e. The zero-order valence-electron chi connectivity index (χ0n) is 13.3. The van der Waals surface area contributed by atoms with Crippen LogP contribution >= 0.6 is 0 Å². The molecular weight excluding hydrogens is 262 g/mol. The molecule has 2 unspecified atom stereocenters. The summed E-state index contributed by atoms with van der Waals surface area (Å²) in [6, 6.07) is 8.31. The third kappa shape index (κ3) is 5.33. The molecule has 3 nitrogen and oxygen atoms in total. The molecular formula is C18H29NO2. The Balaban J connectivity index is 1.72. The number of benzene rings is 1. The minimum Gasteiger partial charge on any atom is -0.508 e. The third-order valence-electron chi connectivity index (χ3n) is 4.59. The molecule has 0 spiro atoms. The number of aliphatic hydroxyl groups excluding tert-OH is 1. The summed E-state index contributed by atoms with van der Waals surface area (Å²) < 4.78 is 0. The SMILES string of the molecule is CC(O)CC(C)CNC1CCC(c2ccc(O)cc2)CC1. The van der Waals surface area contributed by atoms with E-state index in [4.69, 9.17) is 0 Å². The Kier molecular flexibility index (Phi) is 6.07. The molecule has 0 radical (unpaired) electrons. The number of phenolic OH excluding ortho intramolecular Hbond substituents is 1. The van der Waals surface area contributed by atoms with Crippen molar-refractivity contribution in [2.24, 2.45) is 5.92 Å². The summed E-state index contributed by atoms with van der Waals surface area (Å²) in [5.41, 5.74) is 1.36. The summed E-state index contributed by atoms with van der Waals surface area (Å²) in [6.45, 7) is 5.06. The normalized spacial score (nSPS) is 25.5. The number of aromatic hydroxyl groups is 1. The number of aliphatic hydroxyl groups is 1. The highest BCUT2D eigenvalue weighted by Crippen LogP contribution is 2.33. The fourth-order valence-electron chi connectivity index (χ4n) is 3.41. The Labute approximate surface area is 128 Å². The Morgan fingerprint density at radius 1 is 1.10 bits per heavy atom. The van der Waals surface area contributed by atoms with Gasteiger partial charge in [0.25, 0.3) is 0 Å². The molecule has 1 fully saturated rings. The van der Waals surface area contributed by atoms with Gasteiger partial charge in [-0.25, -0.2) is 0 Å². The quantitative estimate of drug-likeness (QED) is 0.753. The molecule has 0 saturated heterocycles. The van der Waals surface area contributed by atoms with Crippen molar-refractivity contribution in [3.8, 4) is 5.75 Å². The lowest BCUT2D eigenvalue weighted by atomic mass is 9.81. The van der Waals surface area contributed by atoms with Crippen LogP contribution in [0.15, 0.2) is 24.3 Å². The Morgan fingerprint density at radius 3 is 2.29 bits per heavy atom. The van der Waals surface area contributed by atoms with Gasteiger partial charge in [0, 0.05) is 6.04 Å². The highest BCUT2D eigenvalue weighted by atomic mass is 16.3. The van der Waals surface area contributed by atoms with E-state index in [1.807, 2.05) is 6.92 Å². The Hall–Kier alpha value is -1.06. The number of nitrogens with one attached hydrogen (secondary N) is 1. The maximum absolute atomic E-state index is 9.39. The second-order valence-electron chi connectivity index (χ2n) is 6.74. The van der Waals surface area contributed by atoms with Gasteiger partial charge in [0.05, 0.1) is 6.10 Å². The molecule has 21 heavy (non-hydrogen) atoms. The van der Waals surface area contributed by atoms with Gasteiger partial charge in [-0.05, 0) is 75.1 Å². The van der Waals surface area contributed by atoms with Crippen LogP contribution in [0.25, 0.3) is 0 Å². The zero-order chi connectivity index (χ0) is 15.2. The molecule has 0 heterocycles. The third-order valence-corrected chi connectivity index (χ3v) is 4.59. The number of phenols is 1. The van der Waals surface area contributed by atoms with E-state index in [0.717, 1.165) is 13.0 Å². The largest absolute Gasteiger partial charge is 0.508 e. The van der Waals surface area contributed by atoms with Crippen molar-refractivity contribution < 1.29 is 10.2 Å². The Morgan fingerprint density at radius 2 is 1.71 bits per heavy atom. The van der Waals surface area contributed by atoms with Crippen LogP contribution in [0.1, 0.15) is 57.4 Å². The van der Waals surface area contributed by atoms with E-state index in [1.165, 1.54) is 31.2 Å². The van der Waals surface area contributed by atoms with E-state index in [2.05, 4.69) is 24.4 Å². The van der Waals surface area contributed by atoms with E-state index in [9.17, 15) is 10.2 Å². The van der Waals surface area contributed by atoms with Crippen LogP contribution in [0.4, 0.5) is 0 Å². The van der Waals surface area contributed by atoms with Gasteiger partial charge in [0.1, 0.15) is 5.75 Å². The van der Waals surface area contributed by atoms with Gasteiger partial charge in [0.15, 0.2) is 0 Å². The van der Waals surface area contributed by atoms with Crippen LogP contribution < -0.4 is 5.32 Å². The van der Waals surface area contributed by atoms with Gasteiger partial charge in [-0.1, -0.05) is 19.1 Å². The van der Waals surface area contributed by atoms with Crippen LogP contribution in [-0.2, 0) is 0 Å². The van der Waals surface area contributed by atoms with Gasteiger partial charge < -0.3 is 15.5 Å². The predicted octanol–water partition coefficient (Wildman–Crippen LogP) is 3.42. The van der Waals surface area contributed by atoms with Crippen LogP contribution in [0.5, 0.6) is 5.75 Å². The van der Waals surface area contributed by atoms with Crippen LogP contribution in [0.3, 0.4) is 0 Å². The molecule has 2 rings (SSSR count). The molecule has 3 N–H and O–H groups in total. The Bertz CT molecular complexity index is 408. The second-order valence-corrected chi connectivity index (χ2v) is 6.74. The lowest BCUT2D eigenvalue weighted by Crippen LogP contribution is -2.36. The minimum absolute atomic E-state index is 0.202. The molecule has 1 saturated carbocycles. The van der Waals surface area contributed by atoms with Crippen molar-refractivity contribution in [3.05, 3.63) is 29.8 Å². The van der Waals surface area contributed by atoms with Gasteiger partial charge in [-0.2, -0.15) is 0 Å². The molecule has 1 aliphatic rings. The van der Waals surface area contributed by atoms with Crippen molar-refractivity contribution in [3.63, 3.8) is 0 Å². The van der Waals surface area contributed by atoms with E-state index in [1.54, 1.807) is 12.1 Å². The summed E-state index contributed by atoms with van der Waals surface area (Å²) in [5, 5.41) is 22.4. The topological polar surface area (TPSA) is 52.5 Å². The zero-order valence-corrected chi connectivity index (χ0v) is 13.3. The number of rotatable bonds is 6. The average Bonchev–Trinajstić information content (AvgIpc) is 2.46. The van der Waals surface area contributed by atoms with Crippen LogP contribution in [0.2, 0.25) is 0 Å². The monoisotopic (exact) mass is 291 g/mol. The number of hydrogen-bond donors (Lipinski definition) is 3. The van der Waals surface area contributed by atoms with Crippen molar-refractivity contribution >= 4 is 0 Å². The summed E-state index contributed by atoms with van der Waals surface area (Å²) in [4.78, 5) is 0. The maximum Gasteiger partial charge on any atom is 0.115 e. The first-order valence-electron chi connectivity index (χ1n) is 8.25. The molecule has 2 atom stereocenters. The summed E-state index contributed by atoms with van der Waals surface area (Å²) in [7, 11) is 0. The average molecular weight is 291 g/mol. The van der Waals surface area contributed by atoms with Gasteiger partial charge in [0.2, 0.25) is 0 Å². The van der Waals surface area contributed by atoms with E-state index in [0.29, 0.717) is 23.6 Å². The fourth-order valence-corrected chi connectivity index (χ4v) is 3.41. The second kappa shape index (κ2) is 7.81. The molecule has 118 valence electrons. The summed E-state index contributed by atoms with van der Waals surface area (Å²) >= 11 is 0. The molecule has 1 aliphatic carbocycles. The lowest BCUT2D eigenvalue weighted by molar-refractivity contribution is 0.161. The van der Waals surface area contributed by atoms with Gasteiger partial charge >= 0.3 is 0 Å². The molecule has 0 bridgehead atoms. The molecule has 1 aromatic carbocycles. The molecule has 0 aromatic heterocycles. The molecule has 0 amide bonds. The predicted molar refractivity (Wildman–Crippen MR) is 86.6 cm³/mol. The van der Waals surface area contributed by atoms with E-state index >= 15 is 0 Å². The van der Waals surface area contributed by atoms with Crippen LogP contribution in [-0.4, -0.2) is 28.9 Å². The van der Waals surface area contributed by atoms with Crippen molar-refractivity contribution in [1.82, 2.24) is 5.32 Å². The fraction of sp³-hybridized carbons (Fsp3) is 0.667. The summed E-state index contributed by atoms with van der Waals surface area (Å²) in [5.74, 6) is 1.51. The van der Waals surface area contributed by atoms with Crippen molar-refractivity contribution in [1.29, 1.82) is 0 Å². The lowest BCUT2D eigenvalue weighted by Gasteiger charge is -2.30. The highest BCUT2D eigenvalue weighted by Gasteiger charge is 2.22. The van der Waals surface area contributed by atoms with Gasteiger partial charge in [-0.3, -0.25) is 0 Å². The molecule has 0 aliphatic heterocycles. The molecule has 3 heteroatoms. The minimum atomic E-state index is -0.202. The molecule has 1 aromatic rings. The first-order chi connectivity index (χ1) is 10.0. The van der Waals surface area contributed by atoms with Crippen LogP contribution in [0, 0.1) is 5.92 Å². The number of hydrogen-bond acceptors (Lipinski definition) is 3. The van der Waals surface area contributed by atoms with E-state index < -0.39 is 0 Å². The van der Waals surface area contributed by atoms with Crippen molar-refractivity contribution in [2.45, 2.75) is 64.0 Å². The summed E-state index contributed by atoms with van der Waals surface area (Å²) in [6.07, 6.45) is 5.53. The van der Waals surface area contributed by atoms with Gasteiger partial charge in [-0.15, -0.1) is 0 Å². The highest BCUT2D eigenvalue weighted by molar-refractivity contribution is 5.28. The maximum atomic E-state index is 9.39. The first-order valence-corrected chi connectivity index (χ1v) is 8.25.